The smallest absolute Gasteiger partial charge is 0.251 e. The lowest BCUT2D eigenvalue weighted by atomic mass is 10.0. The zero-order chi connectivity index (χ0) is 16.9. The van der Waals surface area contributed by atoms with E-state index in [1.165, 1.54) is 6.07 Å². The molecule has 132 valence electrons. The second-order valence-electron chi connectivity index (χ2n) is 6.59. The van der Waals surface area contributed by atoms with Crippen LogP contribution in [-0.4, -0.2) is 50.0 Å². The molecule has 0 bridgehead atoms. The van der Waals surface area contributed by atoms with Crippen molar-refractivity contribution in [1.29, 1.82) is 0 Å². The van der Waals surface area contributed by atoms with E-state index in [1.54, 1.807) is 12.1 Å². The van der Waals surface area contributed by atoms with Crippen LogP contribution in [0.3, 0.4) is 0 Å². The summed E-state index contributed by atoms with van der Waals surface area (Å²) in [7, 11) is 0. The summed E-state index contributed by atoms with van der Waals surface area (Å²) < 4.78 is 19.6. The molecular weight excluding hydrogens is 311 g/mol. The second-order valence-corrected chi connectivity index (χ2v) is 6.59. The van der Waals surface area contributed by atoms with Gasteiger partial charge in [0.1, 0.15) is 5.82 Å². The highest BCUT2D eigenvalue weighted by Crippen LogP contribution is 2.27. The number of morpholine rings is 1. The molecule has 3 rings (SSSR count). The fraction of sp³-hybridized carbons (Fsp3) is 0.611. The number of ether oxygens (including phenoxy) is 1. The predicted octanol–water partition coefficient (Wildman–Crippen LogP) is 1.94. The highest BCUT2D eigenvalue weighted by molar-refractivity contribution is 5.94. The number of hydrogen-bond acceptors (Lipinski definition) is 4. The van der Waals surface area contributed by atoms with Crippen molar-refractivity contribution in [2.24, 2.45) is 5.92 Å². The van der Waals surface area contributed by atoms with Crippen molar-refractivity contribution in [3.8, 4) is 0 Å². The van der Waals surface area contributed by atoms with Gasteiger partial charge in [-0.15, -0.1) is 0 Å². The minimum Gasteiger partial charge on any atom is -0.391 e. The van der Waals surface area contributed by atoms with Crippen LogP contribution < -0.4 is 10.2 Å². The normalized spacial score (nSPS) is 20.2. The van der Waals surface area contributed by atoms with E-state index in [0.29, 0.717) is 32.0 Å². The van der Waals surface area contributed by atoms with Crippen molar-refractivity contribution >= 4 is 11.6 Å². The van der Waals surface area contributed by atoms with Crippen molar-refractivity contribution in [3.05, 3.63) is 29.6 Å². The maximum absolute atomic E-state index is 14.3. The van der Waals surface area contributed by atoms with Gasteiger partial charge in [-0.05, 0) is 37.0 Å². The molecule has 2 N–H and O–H groups in total. The molecule has 1 saturated heterocycles. The molecule has 0 spiro atoms. The molecule has 2 aliphatic rings. The molecule has 1 amide bonds. The summed E-state index contributed by atoms with van der Waals surface area (Å²) in [4.78, 5) is 14.1. The lowest BCUT2D eigenvalue weighted by Gasteiger charge is -2.29. The van der Waals surface area contributed by atoms with Crippen molar-refractivity contribution in [1.82, 2.24) is 5.32 Å². The van der Waals surface area contributed by atoms with Gasteiger partial charge in [0, 0.05) is 25.2 Å². The monoisotopic (exact) mass is 336 g/mol. The topological polar surface area (TPSA) is 61.8 Å². The Morgan fingerprint density at radius 1 is 1.33 bits per heavy atom. The van der Waals surface area contributed by atoms with E-state index in [4.69, 9.17) is 4.74 Å². The highest BCUT2D eigenvalue weighted by Gasteiger charge is 2.24. The lowest BCUT2D eigenvalue weighted by molar-refractivity contribution is 0.0840. The number of nitrogens with zero attached hydrogens (tertiary/aromatic N) is 1. The SMILES string of the molecule is O=C(NCC(O)C1CCCC1)c1ccc(N2CCOCC2)c(F)c1. The van der Waals surface area contributed by atoms with Gasteiger partial charge in [-0.3, -0.25) is 4.79 Å². The van der Waals surface area contributed by atoms with Gasteiger partial charge in [0.15, 0.2) is 0 Å². The zero-order valence-electron chi connectivity index (χ0n) is 13.8. The van der Waals surface area contributed by atoms with E-state index in [0.717, 1.165) is 25.7 Å². The number of carbonyl (C=O) groups is 1. The molecule has 1 heterocycles. The number of nitrogens with one attached hydrogen (secondary N) is 1. The van der Waals surface area contributed by atoms with E-state index in [2.05, 4.69) is 5.32 Å². The van der Waals surface area contributed by atoms with Crippen LogP contribution in [-0.2, 0) is 4.74 Å². The van der Waals surface area contributed by atoms with Crippen LogP contribution in [0.25, 0.3) is 0 Å². The molecule has 0 radical (unpaired) electrons. The third-order valence-electron chi connectivity index (χ3n) is 4.98. The number of amides is 1. The van der Waals surface area contributed by atoms with Gasteiger partial charge in [-0.25, -0.2) is 4.39 Å². The molecule has 1 unspecified atom stereocenters. The summed E-state index contributed by atoms with van der Waals surface area (Å²) in [6, 6.07) is 4.54. The minimum atomic E-state index is -0.520. The summed E-state index contributed by atoms with van der Waals surface area (Å²) >= 11 is 0. The van der Waals surface area contributed by atoms with Crippen LogP contribution in [0, 0.1) is 11.7 Å². The first kappa shape index (κ1) is 17.2. The Kier molecular flexibility index (Phi) is 5.68. The van der Waals surface area contributed by atoms with Crippen molar-refractivity contribution in [3.63, 3.8) is 0 Å². The van der Waals surface area contributed by atoms with Gasteiger partial charge < -0.3 is 20.1 Å². The maximum Gasteiger partial charge on any atom is 0.251 e. The van der Waals surface area contributed by atoms with E-state index < -0.39 is 11.9 Å². The molecule has 1 aromatic carbocycles. The molecule has 1 aliphatic carbocycles. The Balaban J connectivity index is 1.57. The molecule has 1 aromatic rings. The van der Waals surface area contributed by atoms with Crippen LogP contribution in [0.2, 0.25) is 0 Å². The molecule has 6 heteroatoms. The van der Waals surface area contributed by atoms with Crippen LogP contribution in [0.4, 0.5) is 10.1 Å². The van der Waals surface area contributed by atoms with Crippen molar-refractivity contribution in [2.75, 3.05) is 37.7 Å². The zero-order valence-corrected chi connectivity index (χ0v) is 13.8. The molecular formula is C18H25FN2O3. The fourth-order valence-corrected chi connectivity index (χ4v) is 3.52. The predicted molar refractivity (Wildman–Crippen MR) is 89.7 cm³/mol. The Bertz CT molecular complexity index is 569. The minimum absolute atomic E-state index is 0.219. The van der Waals surface area contributed by atoms with Gasteiger partial charge in [-0.2, -0.15) is 0 Å². The number of halogens is 1. The third kappa shape index (κ3) is 4.05. The van der Waals surface area contributed by atoms with Crippen molar-refractivity contribution in [2.45, 2.75) is 31.8 Å². The van der Waals surface area contributed by atoms with Crippen LogP contribution in [0.5, 0.6) is 0 Å². The Morgan fingerprint density at radius 2 is 2.04 bits per heavy atom. The standard InChI is InChI=1S/C18H25FN2O3/c19-15-11-14(5-6-16(15)21-7-9-24-10-8-21)18(23)20-12-17(22)13-3-1-2-4-13/h5-6,11,13,17,22H,1-4,7-10,12H2,(H,20,23). The molecule has 1 saturated carbocycles. The van der Waals surface area contributed by atoms with Crippen molar-refractivity contribution < 1.29 is 19.0 Å². The van der Waals surface area contributed by atoms with E-state index >= 15 is 0 Å². The van der Waals surface area contributed by atoms with E-state index in [1.807, 2.05) is 4.90 Å². The third-order valence-corrected chi connectivity index (χ3v) is 4.98. The Hall–Kier alpha value is -1.66. The first-order valence-corrected chi connectivity index (χ1v) is 8.73. The summed E-state index contributed by atoms with van der Waals surface area (Å²) in [6.45, 7) is 2.68. The van der Waals surface area contributed by atoms with E-state index in [-0.39, 0.29) is 23.9 Å². The number of aliphatic hydroxyl groups excluding tert-OH is 1. The van der Waals surface area contributed by atoms with Crippen LogP contribution >= 0.6 is 0 Å². The van der Waals surface area contributed by atoms with Gasteiger partial charge >= 0.3 is 0 Å². The average molecular weight is 336 g/mol. The van der Waals surface area contributed by atoms with Gasteiger partial charge in [0.25, 0.3) is 5.91 Å². The molecule has 24 heavy (non-hydrogen) atoms. The summed E-state index contributed by atoms with van der Waals surface area (Å²) in [5, 5.41) is 12.8. The Morgan fingerprint density at radius 3 is 2.71 bits per heavy atom. The van der Waals surface area contributed by atoms with Gasteiger partial charge in [-0.1, -0.05) is 12.8 Å². The summed E-state index contributed by atoms with van der Waals surface area (Å²) in [5.41, 5.74) is 0.781. The number of rotatable bonds is 5. The number of carbonyl (C=O) groups excluding carboxylic acids is 1. The van der Waals surface area contributed by atoms with Gasteiger partial charge in [0.05, 0.1) is 25.0 Å². The summed E-state index contributed by atoms with van der Waals surface area (Å²) in [5.74, 6) is -0.480. The van der Waals surface area contributed by atoms with Gasteiger partial charge in [0.2, 0.25) is 0 Å². The second kappa shape index (κ2) is 7.94. The largest absolute Gasteiger partial charge is 0.391 e. The molecule has 5 nitrogen and oxygen atoms in total. The maximum atomic E-state index is 14.3. The first-order chi connectivity index (χ1) is 11.6. The number of benzene rings is 1. The first-order valence-electron chi connectivity index (χ1n) is 8.73. The fourth-order valence-electron chi connectivity index (χ4n) is 3.52. The molecule has 0 aromatic heterocycles. The lowest BCUT2D eigenvalue weighted by Crippen LogP contribution is -2.37. The number of aliphatic hydroxyl groups is 1. The van der Waals surface area contributed by atoms with Crippen LogP contribution in [0.1, 0.15) is 36.0 Å². The molecule has 1 atom stereocenters. The van der Waals surface area contributed by atoms with Crippen LogP contribution in [0.15, 0.2) is 18.2 Å². The average Bonchev–Trinajstić information content (AvgIpc) is 3.14. The quantitative estimate of drug-likeness (QED) is 0.863. The van der Waals surface area contributed by atoms with E-state index in [9.17, 15) is 14.3 Å². The highest BCUT2D eigenvalue weighted by atomic mass is 19.1. The summed E-state index contributed by atoms with van der Waals surface area (Å²) in [6.07, 6.45) is 3.79. The Labute approximate surface area is 141 Å². The molecule has 1 aliphatic heterocycles. The number of hydrogen-bond donors (Lipinski definition) is 2. The molecule has 2 fully saturated rings. The number of anilines is 1.